The van der Waals surface area contributed by atoms with Crippen molar-refractivity contribution in [1.82, 2.24) is 9.44 Å². The first-order valence-corrected chi connectivity index (χ1v) is 17.6. The van der Waals surface area contributed by atoms with Gasteiger partial charge in [0.15, 0.2) is 0 Å². The van der Waals surface area contributed by atoms with Gasteiger partial charge in [-0.15, -0.1) is 6.58 Å². The van der Waals surface area contributed by atoms with Crippen LogP contribution in [-0.4, -0.2) is 51.8 Å². The Balaban J connectivity index is 1.46. The average molecular weight is 642 g/mol. The molecule has 44 heavy (non-hydrogen) atoms. The van der Waals surface area contributed by atoms with E-state index >= 15 is 0 Å². The Morgan fingerprint density at radius 1 is 1.25 bits per heavy atom. The van der Waals surface area contributed by atoms with Crippen molar-refractivity contribution in [2.24, 2.45) is 11.8 Å². The van der Waals surface area contributed by atoms with Crippen LogP contribution in [0.15, 0.2) is 61.2 Å². The van der Waals surface area contributed by atoms with Crippen LogP contribution >= 0.6 is 11.6 Å². The average Bonchev–Trinajstić information content (AvgIpc) is 3.12. The van der Waals surface area contributed by atoms with Gasteiger partial charge in [-0.3, -0.25) is 4.79 Å². The number of hydrogen-bond acceptors (Lipinski definition) is 6. The van der Waals surface area contributed by atoms with Gasteiger partial charge < -0.3 is 14.7 Å². The number of amides is 1. The van der Waals surface area contributed by atoms with E-state index in [2.05, 4.69) is 46.1 Å². The van der Waals surface area contributed by atoms with E-state index in [4.69, 9.17) is 16.3 Å². The maximum absolute atomic E-state index is 13.2. The van der Waals surface area contributed by atoms with E-state index in [1.807, 2.05) is 12.1 Å². The number of ether oxygens (including phenoxy) is 1. The minimum atomic E-state index is -4.03. The Morgan fingerprint density at radius 3 is 2.84 bits per heavy atom. The number of nitrogens with zero attached hydrogens (tertiary/aromatic N) is 1. The lowest BCUT2D eigenvalue weighted by molar-refractivity contribution is 0.0456. The van der Waals surface area contributed by atoms with Gasteiger partial charge in [-0.05, 0) is 98.2 Å². The zero-order valence-electron chi connectivity index (χ0n) is 25.4. The fourth-order valence-corrected chi connectivity index (χ4v) is 7.88. The second-order valence-corrected chi connectivity index (χ2v) is 14.3. The maximum atomic E-state index is 13.2. The predicted octanol–water partition coefficient (Wildman–Crippen LogP) is 5.70. The molecule has 0 aromatic heterocycles. The van der Waals surface area contributed by atoms with E-state index in [1.165, 1.54) is 11.1 Å². The van der Waals surface area contributed by atoms with Crippen molar-refractivity contribution in [3.63, 3.8) is 0 Å². The molecule has 2 aliphatic carbocycles. The number of halogens is 1. The molecule has 10 heteroatoms. The molecule has 1 spiro atoms. The van der Waals surface area contributed by atoms with Gasteiger partial charge in [-0.1, -0.05) is 49.2 Å². The number of carbonyl (C=O) groups excluding carboxylic acids is 1. The fraction of sp³-hybridized carbons (Fsp3) is 0.500. The minimum Gasteiger partial charge on any atom is -0.490 e. The Bertz CT molecular complexity index is 1500. The van der Waals surface area contributed by atoms with Crippen LogP contribution in [0.3, 0.4) is 0 Å². The molecule has 0 bridgehead atoms. The van der Waals surface area contributed by atoms with E-state index in [9.17, 15) is 18.3 Å². The molecule has 238 valence electrons. The third kappa shape index (κ3) is 7.33. The molecule has 5 rings (SSSR count). The zero-order valence-corrected chi connectivity index (χ0v) is 27.0. The number of carbonyl (C=O) groups is 1. The predicted molar refractivity (Wildman–Crippen MR) is 176 cm³/mol. The molecule has 4 atom stereocenters. The van der Waals surface area contributed by atoms with Crippen molar-refractivity contribution < 1.29 is 23.1 Å². The molecule has 0 saturated heterocycles. The van der Waals surface area contributed by atoms with Crippen LogP contribution in [0, 0.1) is 11.8 Å². The number of aliphatic hydroxyl groups is 1. The number of fused-ring (bicyclic) bond motifs is 3. The van der Waals surface area contributed by atoms with Crippen molar-refractivity contribution in [2.75, 3.05) is 31.1 Å². The number of aliphatic hydroxyl groups excluding tert-OH is 1. The summed E-state index contributed by atoms with van der Waals surface area (Å²) in [5.74, 6) is 0.362. The highest BCUT2D eigenvalue weighted by Crippen LogP contribution is 2.46. The van der Waals surface area contributed by atoms with Gasteiger partial charge in [-0.25, -0.2) is 4.72 Å². The third-order valence-corrected chi connectivity index (χ3v) is 10.6. The first-order chi connectivity index (χ1) is 21.1. The molecular formula is C34H44ClN3O5S. The summed E-state index contributed by atoms with van der Waals surface area (Å²) in [7, 11) is -4.03. The van der Waals surface area contributed by atoms with Crippen molar-refractivity contribution in [3.05, 3.63) is 82.9 Å². The lowest BCUT2D eigenvalue weighted by Crippen LogP contribution is -2.49. The lowest BCUT2D eigenvalue weighted by Gasteiger charge is -2.45. The molecule has 1 amide bonds. The van der Waals surface area contributed by atoms with E-state index in [1.54, 1.807) is 24.3 Å². The van der Waals surface area contributed by atoms with E-state index in [-0.39, 0.29) is 29.4 Å². The second-order valence-electron chi connectivity index (χ2n) is 12.4. The molecular weight excluding hydrogens is 598 g/mol. The molecule has 8 nitrogen and oxygen atoms in total. The van der Waals surface area contributed by atoms with Crippen LogP contribution in [-0.2, 0) is 22.0 Å². The number of benzene rings is 2. The molecule has 1 aliphatic heterocycles. The zero-order chi connectivity index (χ0) is 31.3. The largest absolute Gasteiger partial charge is 0.490 e. The second kappa shape index (κ2) is 14.1. The number of aryl methyl sites for hydroxylation is 1. The maximum Gasteiger partial charge on any atom is 0.301 e. The quantitative estimate of drug-likeness (QED) is 0.203. The van der Waals surface area contributed by atoms with Crippen LogP contribution in [0.2, 0.25) is 5.02 Å². The van der Waals surface area contributed by atoms with Gasteiger partial charge in [0.05, 0.1) is 18.4 Å². The molecule has 1 fully saturated rings. The Labute approximate surface area is 266 Å². The summed E-state index contributed by atoms with van der Waals surface area (Å²) < 4.78 is 36.0. The lowest BCUT2D eigenvalue weighted by atomic mass is 9.68. The summed E-state index contributed by atoms with van der Waals surface area (Å²) in [5, 5.41) is 11.7. The number of unbranched alkanes of at least 4 members (excludes halogenated alkanes) is 1. The van der Waals surface area contributed by atoms with Gasteiger partial charge in [0.1, 0.15) is 5.75 Å². The molecule has 2 aromatic rings. The molecule has 1 saturated carbocycles. The van der Waals surface area contributed by atoms with Crippen molar-refractivity contribution in [1.29, 1.82) is 0 Å². The summed E-state index contributed by atoms with van der Waals surface area (Å²) >= 11 is 6.39. The molecule has 1 unspecified atom stereocenters. The summed E-state index contributed by atoms with van der Waals surface area (Å²) in [6.45, 7) is 7.71. The first kappa shape index (κ1) is 32.5. The monoisotopic (exact) mass is 641 g/mol. The van der Waals surface area contributed by atoms with Crippen molar-refractivity contribution >= 4 is 33.4 Å². The number of hydrogen-bond donors (Lipinski definition) is 3. The summed E-state index contributed by atoms with van der Waals surface area (Å²) in [6.07, 6.45) is 12.4. The van der Waals surface area contributed by atoms with Crippen LogP contribution in [0.5, 0.6) is 5.75 Å². The molecule has 1 heterocycles. The van der Waals surface area contributed by atoms with Crippen LogP contribution in [0.25, 0.3) is 0 Å². The van der Waals surface area contributed by atoms with Gasteiger partial charge in [0.2, 0.25) is 0 Å². The van der Waals surface area contributed by atoms with Gasteiger partial charge >= 0.3 is 10.2 Å². The standard InChI is InChI=1S/C34H44ClN3O5S/c1-3-5-7-10-31(39)28-14-11-26(28)21-38-22-34(17-8-9-24-19-27(35)13-15-29(24)34)23-43-32-16-12-25(20-30(32)38)33(40)37-44(41,42)36-18-6-4-2/h4,7,10,12-13,15-16,19-20,26,28,31,36,39H,2-3,5-6,8-9,11,14,17-18,21-23H2,1H3,(H,37,40)/b10-7+/t26-,28+,31?,34-/m0/s1. The van der Waals surface area contributed by atoms with Crippen LogP contribution in [0.4, 0.5) is 5.69 Å². The SMILES string of the molecule is C=CCCNS(=O)(=O)NC(=O)c1ccc2c(c1)N(C[C@@H]1CC[C@H]1C(O)/C=C/CCC)C[C@@]1(CCCc3cc(Cl)ccc31)CO2. The molecule has 0 radical (unpaired) electrons. The summed E-state index contributed by atoms with van der Waals surface area (Å²) in [6, 6.07) is 11.2. The molecule has 3 N–H and O–H groups in total. The smallest absolute Gasteiger partial charge is 0.301 e. The molecule has 2 aromatic carbocycles. The Hall–Kier alpha value is -2.85. The van der Waals surface area contributed by atoms with Gasteiger partial charge in [0.25, 0.3) is 5.91 Å². The van der Waals surface area contributed by atoms with Crippen molar-refractivity contribution in [2.45, 2.75) is 69.8 Å². The van der Waals surface area contributed by atoms with E-state index < -0.39 is 22.2 Å². The highest BCUT2D eigenvalue weighted by molar-refractivity contribution is 7.88. The number of allylic oxidation sites excluding steroid dienone is 1. The number of anilines is 1. The summed E-state index contributed by atoms with van der Waals surface area (Å²) in [5.41, 5.74) is 3.19. The van der Waals surface area contributed by atoms with E-state index in [0.717, 1.165) is 55.7 Å². The number of rotatable bonds is 12. The van der Waals surface area contributed by atoms with E-state index in [0.29, 0.717) is 31.9 Å². The van der Waals surface area contributed by atoms with Gasteiger partial charge in [-0.2, -0.15) is 13.1 Å². The normalized spacial score (nSPS) is 23.7. The highest BCUT2D eigenvalue weighted by atomic mass is 35.5. The summed E-state index contributed by atoms with van der Waals surface area (Å²) in [4.78, 5) is 15.5. The van der Waals surface area contributed by atoms with Crippen molar-refractivity contribution in [3.8, 4) is 5.75 Å². The Morgan fingerprint density at radius 2 is 2.09 bits per heavy atom. The van der Waals surface area contributed by atoms with Gasteiger partial charge in [0, 0.05) is 35.6 Å². The topological polar surface area (TPSA) is 108 Å². The highest BCUT2D eigenvalue weighted by Gasteiger charge is 2.44. The first-order valence-electron chi connectivity index (χ1n) is 15.7. The minimum absolute atomic E-state index is 0.148. The third-order valence-electron chi connectivity index (χ3n) is 9.33. The Kier molecular flexibility index (Phi) is 10.4. The number of nitrogens with one attached hydrogen (secondary N) is 2. The molecule has 3 aliphatic rings. The van der Waals surface area contributed by atoms with Crippen LogP contribution < -0.4 is 19.1 Å². The van der Waals surface area contributed by atoms with Crippen LogP contribution in [0.1, 0.15) is 73.4 Å². The fourth-order valence-electron chi connectivity index (χ4n) is 6.87.